The summed E-state index contributed by atoms with van der Waals surface area (Å²) in [6.45, 7) is 10.3. The fourth-order valence-corrected chi connectivity index (χ4v) is 23.6. The van der Waals surface area contributed by atoms with Crippen molar-refractivity contribution in [3.05, 3.63) is 322 Å². The van der Waals surface area contributed by atoms with E-state index in [1.807, 2.05) is 22.7 Å². The van der Waals surface area contributed by atoms with Crippen molar-refractivity contribution < 1.29 is 0 Å². The van der Waals surface area contributed by atoms with Crippen LogP contribution < -0.4 is 30.5 Å². The van der Waals surface area contributed by atoms with Crippen LogP contribution in [0.15, 0.2) is 279 Å². The lowest BCUT2D eigenvalue weighted by atomic mass is 9.55. The molecule has 0 unspecified atom stereocenters. The number of thiophene rings is 2. The minimum atomic E-state index is -2.25. The van der Waals surface area contributed by atoms with Crippen LogP contribution in [0.3, 0.4) is 0 Å². The second kappa shape index (κ2) is 18.6. The summed E-state index contributed by atoms with van der Waals surface area (Å²) in [6.07, 6.45) is 0. The zero-order valence-corrected chi connectivity index (χ0v) is 48.9. The maximum Gasteiger partial charge on any atom is 0.113 e. The van der Waals surface area contributed by atoms with Crippen LogP contribution in [0.4, 0.5) is 34.1 Å². The summed E-state index contributed by atoms with van der Waals surface area (Å²) >= 11 is 4.05. The van der Waals surface area contributed by atoms with Crippen molar-refractivity contribution in [2.75, 3.05) is 9.80 Å². The summed E-state index contributed by atoms with van der Waals surface area (Å²) in [5, 5.41) is 6.05. The molecule has 0 radical (unpaired) electrons. The monoisotopic (exact) mass is 1090 g/mol. The molecule has 0 bridgehead atoms. The van der Waals surface area contributed by atoms with Gasteiger partial charge in [-0.05, 0) is 150 Å². The molecule has 6 heteroatoms. The van der Waals surface area contributed by atoms with Gasteiger partial charge < -0.3 is 9.80 Å². The molecule has 0 saturated carbocycles. The molecule has 2 aliphatic heterocycles. The molecule has 15 rings (SSSR count). The first-order valence-electron chi connectivity index (χ1n) is 27.9. The van der Waals surface area contributed by atoms with Crippen molar-refractivity contribution in [3.63, 3.8) is 0 Å². The third kappa shape index (κ3) is 7.05. The Labute approximate surface area is 480 Å². The number of hydrogen-bond acceptors (Lipinski definition) is 4. The van der Waals surface area contributed by atoms with Crippen LogP contribution in [0.25, 0.3) is 20.9 Å². The SMILES string of the molecule is C[Si]1(C)c2ccccc2C2(c3ccccc31)c1cc(-c3cccc(N(c4ccccc4)c4ccccc4)c3)sc1C1(c3ccccc3[Si](C)(C)c3ccccc31)c1cc(-c3cccc(N(c4ccccc4)c4ccccc4)c3)sc12. The highest BCUT2D eigenvalue weighted by atomic mass is 32.1. The molecule has 0 fully saturated rings. The molecule has 1 aliphatic carbocycles. The van der Waals surface area contributed by atoms with Crippen molar-refractivity contribution in [1.82, 2.24) is 0 Å². The molecule has 384 valence electrons. The molecule has 2 spiro atoms. The molecular formula is C74H58N2S2Si2. The Balaban J connectivity index is 1.06. The zero-order chi connectivity index (χ0) is 53.8. The average Bonchev–Trinajstić information content (AvgIpc) is 2.15. The lowest BCUT2D eigenvalue weighted by Gasteiger charge is -2.54. The van der Waals surface area contributed by atoms with Crippen LogP contribution in [0.1, 0.15) is 43.1 Å². The minimum Gasteiger partial charge on any atom is -0.310 e. The molecule has 4 heterocycles. The first-order valence-corrected chi connectivity index (χ1v) is 35.5. The van der Waals surface area contributed by atoms with E-state index in [9.17, 15) is 0 Å². The van der Waals surface area contributed by atoms with Gasteiger partial charge in [-0.2, -0.15) is 0 Å². The summed E-state index contributed by atoms with van der Waals surface area (Å²) in [4.78, 5) is 10.2. The maximum absolute atomic E-state index is 2.66. The van der Waals surface area contributed by atoms with Gasteiger partial charge in [-0.15, -0.1) is 22.7 Å². The van der Waals surface area contributed by atoms with Gasteiger partial charge in [-0.25, -0.2) is 0 Å². The lowest BCUT2D eigenvalue weighted by molar-refractivity contribution is 0.647. The Hall–Kier alpha value is -8.37. The molecule has 0 atom stereocenters. The van der Waals surface area contributed by atoms with E-state index in [2.05, 4.69) is 315 Å². The van der Waals surface area contributed by atoms with E-state index < -0.39 is 27.0 Å². The fourth-order valence-electron chi connectivity index (χ4n) is 14.3. The Kier molecular flexibility index (Phi) is 11.3. The zero-order valence-electron chi connectivity index (χ0n) is 45.3. The highest BCUT2D eigenvalue weighted by molar-refractivity contribution is 7.17. The van der Waals surface area contributed by atoms with Crippen LogP contribution in [0.2, 0.25) is 26.2 Å². The lowest BCUT2D eigenvalue weighted by Crippen LogP contribution is -2.66. The van der Waals surface area contributed by atoms with Gasteiger partial charge in [0.1, 0.15) is 16.1 Å². The molecule has 3 aliphatic rings. The summed E-state index contributed by atoms with van der Waals surface area (Å²) < 4.78 is 0. The molecule has 0 N–H and O–H groups in total. The Morgan fingerprint density at radius 2 is 0.525 bits per heavy atom. The molecule has 80 heavy (non-hydrogen) atoms. The Bertz CT molecular complexity index is 3830. The molecule has 0 saturated heterocycles. The van der Waals surface area contributed by atoms with Crippen molar-refractivity contribution in [1.29, 1.82) is 0 Å². The summed E-state index contributed by atoms with van der Waals surface area (Å²) in [5.41, 5.74) is 16.4. The van der Waals surface area contributed by atoms with Crippen molar-refractivity contribution >= 4 is 93.7 Å². The third-order valence-corrected chi connectivity index (χ3v) is 27.5. The largest absolute Gasteiger partial charge is 0.310 e. The van der Waals surface area contributed by atoms with Gasteiger partial charge in [0.05, 0.1) is 10.8 Å². The van der Waals surface area contributed by atoms with Crippen LogP contribution in [-0.4, -0.2) is 16.1 Å². The van der Waals surface area contributed by atoms with Gasteiger partial charge in [0.15, 0.2) is 0 Å². The molecule has 2 aromatic heterocycles. The van der Waals surface area contributed by atoms with Crippen molar-refractivity contribution in [2.45, 2.75) is 37.0 Å². The minimum absolute atomic E-state index is 0.632. The predicted octanol–water partition coefficient (Wildman–Crippen LogP) is 17.4. The average molecular weight is 1100 g/mol. The highest BCUT2D eigenvalue weighted by Gasteiger charge is 2.62. The van der Waals surface area contributed by atoms with Gasteiger partial charge in [0, 0.05) is 53.6 Å². The van der Waals surface area contributed by atoms with Gasteiger partial charge in [-0.3, -0.25) is 0 Å². The number of benzene rings is 10. The normalized spacial score (nSPS) is 15.2. The van der Waals surface area contributed by atoms with E-state index in [0.29, 0.717) is 0 Å². The number of para-hydroxylation sites is 4. The van der Waals surface area contributed by atoms with E-state index in [0.717, 1.165) is 34.1 Å². The third-order valence-electron chi connectivity index (χ3n) is 17.8. The van der Waals surface area contributed by atoms with Crippen LogP contribution in [-0.2, 0) is 10.8 Å². The first kappa shape index (κ1) is 48.7. The van der Waals surface area contributed by atoms with E-state index in [1.165, 1.54) is 84.8 Å². The second-order valence-corrected chi connectivity index (χ2v) is 33.5. The Morgan fingerprint density at radius 3 is 0.825 bits per heavy atom. The van der Waals surface area contributed by atoms with Crippen molar-refractivity contribution in [2.24, 2.45) is 0 Å². The van der Waals surface area contributed by atoms with E-state index >= 15 is 0 Å². The van der Waals surface area contributed by atoms with E-state index in [-0.39, 0.29) is 0 Å². The number of fused-ring (bicyclic) bond motifs is 14. The van der Waals surface area contributed by atoms with Gasteiger partial charge >= 0.3 is 0 Å². The number of hydrogen-bond donors (Lipinski definition) is 0. The predicted molar refractivity (Wildman–Crippen MR) is 346 cm³/mol. The molecular weight excluding hydrogens is 1040 g/mol. The van der Waals surface area contributed by atoms with Crippen LogP contribution in [0.5, 0.6) is 0 Å². The highest BCUT2D eigenvalue weighted by Crippen LogP contribution is 2.66. The quantitative estimate of drug-likeness (QED) is 0.140. The first-order chi connectivity index (χ1) is 39.2. The Morgan fingerprint density at radius 1 is 0.263 bits per heavy atom. The molecule has 12 aromatic rings. The molecule has 10 aromatic carbocycles. The van der Waals surface area contributed by atoms with Gasteiger partial charge in [0.25, 0.3) is 0 Å². The molecule has 0 amide bonds. The fraction of sp³-hybridized carbons (Fsp3) is 0.0811. The standard InChI is InChI=1S/C74H58N2S2Si2/c1-79(2)67-43-21-17-39-59(67)73(60-40-18-22-44-68(60)79)63-49-65(51-27-25-37-57(47-51)75(53-29-9-5-10-30-53)54-31-11-6-12-32-54)78-72(63)74(61-41-19-23-45-69(61)80(3,4)70-46-24-20-42-62(70)74)64-50-66(77-71(64)73)52-28-26-38-58(48-52)76(55-33-13-7-14-34-55)56-35-15-8-16-36-56/h5-50H,1-4H3. The van der Waals surface area contributed by atoms with Crippen molar-refractivity contribution in [3.8, 4) is 20.9 Å². The number of rotatable bonds is 8. The summed E-state index contributed by atoms with van der Waals surface area (Å²) in [6, 6.07) is 106. The number of anilines is 6. The summed E-state index contributed by atoms with van der Waals surface area (Å²) in [5.74, 6) is 0. The smallest absolute Gasteiger partial charge is 0.113 e. The maximum atomic E-state index is 2.66. The van der Waals surface area contributed by atoms with Gasteiger partial charge in [0.2, 0.25) is 0 Å². The number of nitrogens with zero attached hydrogens (tertiary/aromatic N) is 2. The van der Waals surface area contributed by atoms with E-state index in [1.54, 1.807) is 0 Å². The van der Waals surface area contributed by atoms with Gasteiger partial charge in [-0.1, -0.05) is 220 Å². The van der Waals surface area contributed by atoms with Crippen LogP contribution >= 0.6 is 22.7 Å². The topological polar surface area (TPSA) is 6.48 Å². The van der Waals surface area contributed by atoms with Crippen LogP contribution in [0, 0.1) is 0 Å². The molecule has 2 nitrogen and oxygen atoms in total. The summed E-state index contributed by atoms with van der Waals surface area (Å²) in [7, 11) is -4.50. The second-order valence-electron chi connectivity index (χ2n) is 22.8. The van der Waals surface area contributed by atoms with E-state index in [4.69, 9.17) is 0 Å².